The van der Waals surface area contributed by atoms with Gasteiger partial charge in [-0.3, -0.25) is 0 Å². The standard InChI is InChI=1S/C21H22N4O4S/c1-15-19(30(26,27)24(2)14-16-8-4-3-5-9-16)12-18(28-15)20-23-17(13-22)21(29-20)25-10-6-7-11-25/h3-5,8-9,12H,6-7,10-11,14H2,1-2H3. The van der Waals surface area contributed by atoms with Crippen molar-refractivity contribution in [2.24, 2.45) is 0 Å². The van der Waals surface area contributed by atoms with Crippen LogP contribution in [0.25, 0.3) is 11.7 Å². The summed E-state index contributed by atoms with van der Waals surface area (Å²) in [5.74, 6) is 0.929. The fourth-order valence-corrected chi connectivity index (χ4v) is 4.86. The molecule has 9 heteroatoms. The first-order valence-corrected chi connectivity index (χ1v) is 11.1. The van der Waals surface area contributed by atoms with Crippen molar-refractivity contribution >= 4 is 15.9 Å². The van der Waals surface area contributed by atoms with Gasteiger partial charge in [0.05, 0.1) is 0 Å². The van der Waals surface area contributed by atoms with Crippen molar-refractivity contribution < 1.29 is 17.3 Å². The zero-order valence-corrected chi connectivity index (χ0v) is 17.6. The third kappa shape index (κ3) is 3.72. The van der Waals surface area contributed by atoms with E-state index in [0.717, 1.165) is 31.5 Å². The number of oxazole rings is 1. The Morgan fingerprint density at radius 3 is 2.57 bits per heavy atom. The molecule has 0 amide bonds. The Kier molecular flexibility index (Phi) is 5.37. The molecule has 8 nitrogen and oxygen atoms in total. The number of benzene rings is 1. The van der Waals surface area contributed by atoms with E-state index in [4.69, 9.17) is 8.83 Å². The number of sulfonamides is 1. The summed E-state index contributed by atoms with van der Waals surface area (Å²) in [4.78, 5) is 6.24. The molecule has 0 atom stereocenters. The van der Waals surface area contributed by atoms with E-state index in [1.54, 1.807) is 6.92 Å². The Hall–Kier alpha value is -3.09. The van der Waals surface area contributed by atoms with Crippen molar-refractivity contribution in [1.82, 2.24) is 9.29 Å². The summed E-state index contributed by atoms with van der Waals surface area (Å²) >= 11 is 0. The first kappa shape index (κ1) is 20.2. The largest absolute Gasteiger partial charge is 0.455 e. The Morgan fingerprint density at radius 1 is 1.20 bits per heavy atom. The van der Waals surface area contributed by atoms with Crippen molar-refractivity contribution in [2.75, 3.05) is 25.0 Å². The molecule has 1 aromatic carbocycles. The molecule has 2 aromatic heterocycles. The number of rotatable bonds is 6. The molecule has 0 N–H and O–H groups in total. The van der Waals surface area contributed by atoms with Gasteiger partial charge < -0.3 is 13.7 Å². The van der Waals surface area contributed by atoms with Gasteiger partial charge in [0.25, 0.3) is 5.89 Å². The smallest absolute Gasteiger partial charge is 0.266 e. The number of hydrogen-bond donors (Lipinski definition) is 0. The van der Waals surface area contributed by atoms with Crippen LogP contribution in [0.5, 0.6) is 0 Å². The molecule has 0 radical (unpaired) electrons. The van der Waals surface area contributed by atoms with Crippen LogP contribution in [0.1, 0.15) is 29.9 Å². The lowest BCUT2D eigenvalue weighted by molar-refractivity contribution is 0.460. The zero-order chi connectivity index (χ0) is 21.3. The number of nitrogens with zero attached hydrogens (tertiary/aromatic N) is 4. The van der Waals surface area contributed by atoms with Crippen LogP contribution in [0.15, 0.2) is 50.1 Å². The van der Waals surface area contributed by atoms with Gasteiger partial charge in [0, 0.05) is 32.7 Å². The third-order valence-corrected chi connectivity index (χ3v) is 7.04. The Labute approximate surface area is 175 Å². The van der Waals surface area contributed by atoms with Crippen LogP contribution in [-0.4, -0.2) is 37.8 Å². The Morgan fingerprint density at radius 2 is 1.90 bits per heavy atom. The highest BCUT2D eigenvalue weighted by Crippen LogP contribution is 2.34. The quantitative estimate of drug-likeness (QED) is 0.594. The van der Waals surface area contributed by atoms with Crippen molar-refractivity contribution in [2.45, 2.75) is 31.2 Å². The normalized spacial score (nSPS) is 14.4. The predicted octanol–water partition coefficient (Wildman–Crippen LogP) is 3.54. The van der Waals surface area contributed by atoms with E-state index in [1.165, 1.54) is 17.4 Å². The van der Waals surface area contributed by atoms with Crippen molar-refractivity contribution in [3.05, 3.63) is 53.4 Å². The maximum Gasteiger partial charge on any atom is 0.266 e. The molecule has 3 aromatic rings. The van der Waals surface area contributed by atoms with Crippen LogP contribution < -0.4 is 4.90 Å². The van der Waals surface area contributed by atoms with Crippen LogP contribution in [0.3, 0.4) is 0 Å². The van der Waals surface area contributed by atoms with Crippen molar-refractivity contribution in [3.63, 3.8) is 0 Å². The molecular weight excluding hydrogens is 404 g/mol. The van der Waals surface area contributed by atoms with E-state index in [-0.39, 0.29) is 34.5 Å². The highest BCUT2D eigenvalue weighted by Gasteiger charge is 2.29. The number of furan rings is 1. The second-order valence-electron chi connectivity index (χ2n) is 7.26. The predicted molar refractivity (Wildman–Crippen MR) is 110 cm³/mol. The Balaban J connectivity index is 1.64. The highest BCUT2D eigenvalue weighted by atomic mass is 32.2. The molecule has 30 heavy (non-hydrogen) atoms. The second kappa shape index (κ2) is 7.97. The van der Waals surface area contributed by atoms with Gasteiger partial charge in [0.15, 0.2) is 5.76 Å². The maximum atomic E-state index is 13.1. The molecular formula is C21H22N4O4S. The summed E-state index contributed by atoms with van der Waals surface area (Å²) in [7, 11) is -2.26. The summed E-state index contributed by atoms with van der Waals surface area (Å²) in [6.07, 6.45) is 2.05. The van der Waals surface area contributed by atoms with E-state index in [2.05, 4.69) is 4.98 Å². The molecule has 4 rings (SSSR count). The first-order valence-electron chi connectivity index (χ1n) is 9.67. The molecule has 1 saturated heterocycles. The summed E-state index contributed by atoms with van der Waals surface area (Å²) in [6, 6.07) is 12.8. The van der Waals surface area contributed by atoms with Crippen LogP contribution in [0.2, 0.25) is 0 Å². The molecule has 0 aliphatic carbocycles. The van der Waals surface area contributed by atoms with Crippen molar-refractivity contribution in [3.8, 4) is 17.7 Å². The van der Waals surface area contributed by atoms with Gasteiger partial charge in [-0.05, 0) is 25.3 Å². The number of hydrogen-bond acceptors (Lipinski definition) is 7. The van der Waals surface area contributed by atoms with Crippen LogP contribution in [-0.2, 0) is 16.6 Å². The van der Waals surface area contributed by atoms with Gasteiger partial charge >= 0.3 is 0 Å². The minimum Gasteiger partial charge on any atom is -0.455 e. The minimum atomic E-state index is -3.78. The highest BCUT2D eigenvalue weighted by molar-refractivity contribution is 7.89. The summed E-state index contributed by atoms with van der Waals surface area (Å²) in [6.45, 7) is 3.41. The number of nitriles is 1. The van der Waals surface area contributed by atoms with Gasteiger partial charge in [-0.25, -0.2) is 8.42 Å². The lowest BCUT2D eigenvalue weighted by Gasteiger charge is -2.16. The monoisotopic (exact) mass is 426 g/mol. The van der Waals surface area contributed by atoms with Crippen LogP contribution >= 0.6 is 0 Å². The van der Waals surface area contributed by atoms with Gasteiger partial charge in [0.1, 0.15) is 16.7 Å². The molecule has 0 spiro atoms. The lowest BCUT2D eigenvalue weighted by atomic mass is 10.2. The van der Waals surface area contributed by atoms with Gasteiger partial charge in [-0.2, -0.15) is 14.6 Å². The first-order chi connectivity index (χ1) is 14.4. The molecule has 0 saturated carbocycles. The maximum absolute atomic E-state index is 13.1. The summed E-state index contributed by atoms with van der Waals surface area (Å²) in [5.41, 5.74) is 1.05. The van der Waals surface area contributed by atoms with E-state index >= 15 is 0 Å². The van der Waals surface area contributed by atoms with Gasteiger partial charge in [0.2, 0.25) is 21.6 Å². The number of aromatic nitrogens is 1. The summed E-state index contributed by atoms with van der Waals surface area (Å²) in [5, 5.41) is 9.41. The van der Waals surface area contributed by atoms with Crippen LogP contribution in [0, 0.1) is 18.3 Å². The average molecular weight is 426 g/mol. The van der Waals surface area contributed by atoms with Gasteiger partial charge in [-0.1, -0.05) is 30.3 Å². The lowest BCUT2D eigenvalue weighted by Crippen LogP contribution is -2.26. The molecule has 3 heterocycles. The summed E-state index contributed by atoms with van der Waals surface area (Å²) < 4.78 is 38.9. The molecule has 1 aliphatic rings. The van der Waals surface area contributed by atoms with Crippen molar-refractivity contribution in [1.29, 1.82) is 5.26 Å². The SMILES string of the molecule is Cc1oc(-c2nc(C#N)c(N3CCCC3)o2)cc1S(=O)(=O)N(C)Cc1ccccc1. The zero-order valence-electron chi connectivity index (χ0n) is 16.8. The fraction of sp³-hybridized carbons (Fsp3) is 0.333. The molecule has 0 bridgehead atoms. The molecule has 1 aliphatic heterocycles. The molecule has 0 unspecified atom stereocenters. The van der Waals surface area contributed by atoms with E-state index in [0.29, 0.717) is 5.88 Å². The fourth-order valence-electron chi connectivity index (χ4n) is 3.55. The molecule has 1 fully saturated rings. The third-order valence-electron chi connectivity index (χ3n) is 5.13. The van der Waals surface area contributed by atoms with E-state index in [9.17, 15) is 13.7 Å². The second-order valence-corrected chi connectivity index (χ2v) is 9.27. The van der Waals surface area contributed by atoms with E-state index < -0.39 is 10.0 Å². The topological polar surface area (TPSA) is 104 Å². The number of aryl methyl sites for hydroxylation is 1. The minimum absolute atomic E-state index is 0.0513. The average Bonchev–Trinajstić information content (AvgIpc) is 3.47. The van der Waals surface area contributed by atoms with E-state index in [1.807, 2.05) is 41.3 Å². The molecule has 156 valence electrons. The van der Waals surface area contributed by atoms with Gasteiger partial charge in [-0.15, -0.1) is 0 Å². The number of anilines is 1. The Bertz CT molecular complexity index is 1190. The van der Waals surface area contributed by atoms with Crippen LogP contribution in [0.4, 0.5) is 5.88 Å².